The highest BCUT2D eigenvalue weighted by atomic mass is 16.3. The normalized spacial score (nSPS) is 18.3. The summed E-state index contributed by atoms with van der Waals surface area (Å²) >= 11 is 0. The number of piperidine rings is 1. The second-order valence-electron chi connectivity index (χ2n) is 6.26. The Morgan fingerprint density at radius 2 is 1.48 bits per heavy atom. The zero-order valence-electron chi connectivity index (χ0n) is 13.3. The minimum atomic E-state index is -1.50. The van der Waals surface area contributed by atoms with Crippen LogP contribution in [0.5, 0.6) is 0 Å². The fraction of sp³-hybridized carbons (Fsp3) is 0.350. The van der Waals surface area contributed by atoms with E-state index in [0.29, 0.717) is 17.7 Å². The number of rotatable bonds is 5. The number of ketones is 1. The molecule has 0 spiro atoms. The number of carbonyl (C=O) groups is 1. The van der Waals surface area contributed by atoms with E-state index in [-0.39, 0.29) is 5.78 Å². The van der Waals surface area contributed by atoms with Gasteiger partial charge in [0.1, 0.15) is 0 Å². The molecule has 3 heteroatoms. The molecule has 1 heterocycles. The third-order valence-corrected chi connectivity index (χ3v) is 4.56. The van der Waals surface area contributed by atoms with Crippen molar-refractivity contribution < 1.29 is 9.90 Å². The molecule has 0 aliphatic carbocycles. The van der Waals surface area contributed by atoms with Crippen LogP contribution >= 0.6 is 0 Å². The molecule has 120 valence electrons. The van der Waals surface area contributed by atoms with Crippen LogP contribution in [0.3, 0.4) is 0 Å². The lowest BCUT2D eigenvalue weighted by Gasteiger charge is -2.35. The van der Waals surface area contributed by atoms with E-state index in [4.69, 9.17) is 0 Å². The molecule has 0 aromatic heterocycles. The first-order valence-corrected chi connectivity index (χ1v) is 8.30. The van der Waals surface area contributed by atoms with E-state index < -0.39 is 5.60 Å². The Morgan fingerprint density at radius 1 is 0.913 bits per heavy atom. The van der Waals surface area contributed by atoms with Gasteiger partial charge in [0.15, 0.2) is 11.4 Å². The summed E-state index contributed by atoms with van der Waals surface area (Å²) in [7, 11) is 0. The van der Waals surface area contributed by atoms with Crippen molar-refractivity contribution in [1.29, 1.82) is 0 Å². The summed E-state index contributed by atoms with van der Waals surface area (Å²) in [5.74, 6) is -0.227. The van der Waals surface area contributed by atoms with Gasteiger partial charge >= 0.3 is 0 Å². The SMILES string of the molecule is O=C(c1ccccc1)[C@](O)(CN1CCCCC1)c1ccccc1. The van der Waals surface area contributed by atoms with Gasteiger partial charge in [0.05, 0.1) is 0 Å². The molecule has 0 unspecified atom stereocenters. The van der Waals surface area contributed by atoms with Crippen LogP contribution in [0.4, 0.5) is 0 Å². The Morgan fingerprint density at radius 3 is 2.09 bits per heavy atom. The number of hydrogen-bond acceptors (Lipinski definition) is 3. The molecule has 3 nitrogen and oxygen atoms in total. The van der Waals surface area contributed by atoms with Crippen molar-refractivity contribution in [1.82, 2.24) is 4.90 Å². The molecule has 0 saturated carbocycles. The Labute approximate surface area is 137 Å². The van der Waals surface area contributed by atoms with Crippen molar-refractivity contribution in [2.45, 2.75) is 24.9 Å². The molecular formula is C20H23NO2. The summed E-state index contributed by atoms with van der Waals surface area (Å²) in [6.45, 7) is 2.24. The number of likely N-dealkylation sites (tertiary alicyclic amines) is 1. The highest BCUT2D eigenvalue weighted by Crippen LogP contribution is 2.28. The smallest absolute Gasteiger partial charge is 0.200 e. The average molecular weight is 309 g/mol. The fourth-order valence-corrected chi connectivity index (χ4v) is 3.28. The van der Waals surface area contributed by atoms with Crippen LogP contribution in [-0.2, 0) is 5.60 Å². The highest BCUT2D eigenvalue weighted by molar-refractivity contribution is 6.03. The molecule has 3 rings (SSSR count). The van der Waals surface area contributed by atoms with Gasteiger partial charge in [-0.05, 0) is 31.5 Å². The van der Waals surface area contributed by atoms with Crippen LogP contribution in [-0.4, -0.2) is 35.4 Å². The van der Waals surface area contributed by atoms with E-state index in [0.717, 1.165) is 25.9 Å². The molecule has 0 bridgehead atoms. The van der Waals surface area contributed by atoms with Crippen LogP contribution in [0.2, 0.25) is 0 Å². The lowest BCUT2D eigenvalue weighted by molar-refractivity contribution is 0.00459. The Hall–Kier alpha value is -1.97. The van der Waals surface area contributed by atoms with Crippen molar-refractivity contribution >= 4 is 5.78 Å². The number of aliphatic hydroxyl groups is 1. The van der Waals surface area contributed by atoms with Crippen LogP contribution in [0.15, 0.2) is 60.7 Å². The monoisotopic (exact) mass is 309 g/mol. The third kappa shape index (κ3) is 3.52. The maximum atomic E-state index is 13.1. The van der Waals surface area contributed by atoms with Crippen LogP contribution < -0.4 is 0 Å². The average Bonchev–Trinajstić information content (AvgIpc) is 2.63. The number of β-amino-alcohol motifs (C(OH)–C–C–N with tert-alkyl or cyclic N) is 1. The van der Waals surface area contributed by atoms with E-state index in [9.17, 15) is 9.90 Å². The van der Waals surface area contributed by atoms with Gasteiger partial charge in [0, 0.05) is 12.1 Å². The highest BCUT2D eigenvalue weighted by Gasteiger charge is 2.40. The number of benzene rings is 2. The number of nitrogens with zero attached hydrogens (tertiary/aromatic N) is 1. The van der Waals surface area contributed by atoms with E-state index in [2.05, 4.69) is 4.90 Å². The summed E-state index contributed by atoms with van der Waals surface area (Å²) in [5.41, 5.74) is -0.282. The first kappa shape index (κ1) is 15.9. The van der Waals surface area contributed by atoms with Crippen molar-refractivity contribution in [2.24, 2.45) is 0 Å². The topological polar surface area (TPSA) is 40.5 Å². The quantitative estimate of drug-likeness (QED) is 0.862. The van der Waals surface area contributed by atoms with E-state index in [1.54, 1.807) is 12.1 Å². The Balaban J connectivity index is 1.94. The zero-order valence-corrected chi connectivity index (χ0v) is 13.3. The minimum Gasteiger partial charge on any atom is -0.376 e. The van der Waals surface area contributed by atoms with Gasteiger partial charge in [-0.25, -0.2) is 0 Å². The molecule has 1 fully saturated rings. The van der Waals surface area contributed by atoms with Gasteiger partial charge in [0.2, 0.25) is 0 Å². The molecule has 0 radical (unpaired) electrons. The molecular weight excluding hydrogens is 286 g/mol. The van der Waals surface area contributed by atoms with Gasteiger partial charge in [0.25, 0.3) is 0 Å². The molecule has 1 aliphatic heterocycles. The molecule has 1 aliphatic rings. The van der Waals surface area contributed by atoms with Crippen molar-refractivity contribution in [3.63, 3.8) is 0 Å². The van der Waals surface area contributed by atoms with Gasteiger partial charge in [-0.2, -0.15) is 0 Å². The summed E-state index contributed by atoms with van der Waals surface area (Å²) < 4.78 is 0. The maximum Gasteiger partial charge on any atom is 0.200 e. The Kier molecular flexibility index (Phi) is 4.89. The second kappa shape index (κ2) is 7.07. The van der Waals surface area contributed by atoms with Gasteiger partial charge in [-0.1, -0.05) is 67.1 Å². The molecule has 1 N–H and O–H groups in total. The summed E-state index contributed by atoms with van der Waals surface area (Å²) in [4.78, 5) is 15.3. The number of carbonyl (C=O) groups excluding carboxylic acids is 1. The van der Waals surface area contributed by atoms with Crippen LogP contribution in [0, 0.1) is 0 Å². The summed E-state index contributed by atoms with van der Waals surface area (Å²) in [5, 5.41) is 11.4. The fourth-order valence-electron chi connectivity index (χ4n) is 3.28. The van der Waals surface area contributed by atoms with Crippen LogP contribution in [0.1, 0.15) is 35.2 Å². The predicted molar refractivity (Wildman–Crippen MR) is 91.4 cm³/mol. The summed E-state index contributed by atoms with van der Waals surface area (Å²) in [6.07, 6.45) is 3.49. The van der Waals surface area contributed by atoms with Gasteiger partial charge < -0.3 is 5.11 Å². The van der Waals surface area contributed by atoms with E-state index in [1.165, 1.54) is 6.42 Å². The third-order valence-electron chi connectivity index (χ3n) is 4.56. The maximum absolute atomic E-state index is 13.1. The molecule has 2 aromatic carbocycles. The molecule has 23 heavy (non-hydrogen) atoms. The predicted octanol–water partition coefficient (Wildman–Crippen LogP) is 3.24. The molecule has 0 amide bonds. The number of Topliss-reactive ketones (excluding diaryl/α,β-unsaturated/α-hetero) is 1. The minimum absolute atomic E-state index is 0.227. The first-order chi connectivity index (χ1) is 11.2. The molecule has 1 saturated heterocycles. The first-order valence-electron chi connectivity index (χ1n) is 8.30. The lowest BCUT2D eigenvalue weighted by Crippen LogP contribution is -2.48. The van der Waals surface area contributed by atoms with Gasteiger partial charge in [-0.15, -0.1) is 0 Å². The van der Waals surface area contributed by atoms with Crippen molar-refractivity contribution in [3.05, 3.63) is 71.8 Å². The zero-order chi connectivity index (χ0) is 16.1. The molecule has 1 atom stereocenters. The van der Waals surface area contributed by atoms with E-state index >= 15 is 0 Å². The summed E-state index contributed by atoms with van der Waals surface area (Å²) in [6, 6.07) is 18.4. The van der Waals surface area contributed by atoms with Crippen molar-refractivity contribution in [2.75, 3.05) is 19.6 Å². The van der Waals surface area contributed by atoms with Crippen LogP contribution in [0.25, 0.3) is 0 Å². The van der Waals surface area contributed by atoms with E-state index in [1.807, 2.05) is 48.5 Å². The number of hydrogen-bond donors (Lipinski definition) is 1. The lowest BCUT2D eigenvalue weighted by atomic mass is 9.85. The largest absolute Gasteiger partial charge is 0.376 e. The van der Waals surface area contributed by atoms with Crippen molar-refractivity contribution in [3.8, 4) is 0 Å². The second-order valence-corrected chi connectivity index (χ2v) is 6.26. The Bertz CT molecular complexity index is 635. The standard InChI is InChI=1S/C20H23NO2/c22-19(17-10-4-1-5-11-17)20(23,18-12-6-2-7-13-18)16-21-14-8-3-9-15-21/h1-2,4-7,10-13,23H,3,8-9,14-16H2/t20-/m0/s1. The van der Waals surface area contributed by atoms with Gasteiger partial charge in [-0.3, -0.25) is 9.69 Å². The molecule has 2 aromatic rings.